The highest BCUT2D eigenvalue weighted by Crippen LogP contribution is 2.55. The molecule has 0 saturated carbocycles. The van der Waals surface area contributed by atoms with E-state index in [-0.39, 0.29) is 17.4 Å². The first-order valence-corrected chi connectivity index (χ1v) is 9.60. The van der Waals surface area contributed by atoms with E-state index >= 15 is 0 Å². The number of benzene rings is 3. The zero-order valence-electron chi connectivity index (χ0n) is 15.7. The Labute approximate surface area is 170 Å². The Morgan fingerprint density at radius 3 is 2.50 bits per heavy atom. The molecule has 1 aromatic heterocycles. The van der Waals surface area contributed by atoms with E-state index in [1.54, 1.807) is 48.5 Å². The van der Waals surface area contributed by atoms with E-state index in [0.29, 0.717) is 40.0 Å². The lowest BCUT2D eigenvalue weighted by Gasteiger charge is -2.46. The van der Waals surface area contributed by atoms with Gasteiger partial charge in [-0.2, -0.15) is 0 Å². The molecule has 0 radical (unpaired) electrons. The maximum absolute atomic E-state index is 13.0. The van der Waals surface area contributed by atoms with Crippen LogP contribution in [0, 0.1) is 0 Å². The van der Waals surface area contributed by atoms with Gasteiger partial charge in [0.05, 0.1) is 10.9 Å². The van der Waals surface area contributed by atoms with Gasteiger partial charge in [-0.3, -0.25) is 0 Å². The number of hydrogen-bond donors (Lipinski definition) is 2. The summed E-state index contributed by atoms with van der Waals surface area (Å²) in [6.07, 6.45) is 0.353. The van der Waals surface area contributed by atoms with Gasteiger partial charge in [-0.25, -0.2) is 4.79 Å². The Morgan fingerprint density at radius 1 is 0.900 bits per heavy atom. The van der Waals surface area contributed by atoms with E-state index in [2.05, 4.69) is 0 Å². The third kappa shape index (κ3) is 2.27. The van der Waals surface area contributed by atoms with Crippen molar-refractivity contribution < 1.29 is 24.1 Å². The summed E-state index contributed by atoms with van der Waals surface area (Å²) in [6, 6.07) is 18.7. The van der Waals surface area contributed by atoms with Gasteiger partial charge in [0, 0.05) is 29.5 Å². The monoisotopic (exact) mass is 400 g/mol. The van der Waals surface area contributed by atoms with Crippen LogP contribution in [0.3, 0.4) is 0 Å². The van der Waals surface area contributed by atoms with Crippen LogP contribution in [0.15, 0.2) is 75.9 Å². The molecule has 0 saturated heterocycles. The molecule has 2 aliphatic heterocycles. The normalized spacial score (nSPS) is 21.3. The van der Waals surface area contributed by atoms with Crippen molar-refractivity contribution in [1.29, 1.82) is 0 Å². The molecule has 148 valence electrons. The number of phenolic OH excluding ortho intramolecular Hbond substituents is 2. The number of para-hydroxylation sites is 1. The summed E-state index contributed by atoms with van der Waals surface area (Å²) in [6.45, 7) is 0. The standard InChI is InChI=1S/C24H16O6/c25-14-7-5-13(6-8-14)24-12-18(16-10-9-15(26)11-20(16)29-24)21-22(30-24)17-3-1-2-4-19(17)28-23(21)27/h1-11,18,25-26H,12H2. The topological polar surface area (TPSA) is 89.1 Å². The van der Waals surface area contributed by atoms with Gasteiger partial charge in [0.1, 0.15) is 28.6 Å². The molecule has 4 aromatic rings. The number of hydrogen-bond acceptors (Lipinski definition) is 6. The van der Waals surface area contributed by atoms with Gasteiger partial charge in [0.15, 0.2) is 0 Å². The lowest BCUT2D eigenvalue weighted by Crippen LogP contribution is -2.48. The van der Waals surface area contributed by atoms with Crippen LogP contribution in [-0.2, 0) is 5.79 Å². The number of rotatable bonds is 1. The van der Waals surface area contributed by atoms with Gasteiger partial charge in [-0.05, 0) is 42.5 Å². The quantitative estimate of drug-likeness (QED) is 0.462. The fourth-order valence-electron chi connectivity index (χ4n) is 4.48. The Bertz CT molecular complexity index is 1370. The molecule has 6 nitrogen and oxygen atoms in total. The summed E-state index contributed by atoms with van der Waals surface area (Å²) < 4.78 is 18.4. The molecule has 0 aliphatic carbocycles. The van der Waals surface area contributed by atoms with Gasteiger partial charge in [-0.1, -0.05) is 18.2 Å². The smallest absolute Gasteiger partial charge is 0.343 e. The molecule has 0 amide bonds. The molecule has 6 rings (SSSR count). The van der Waals surface area contributed by atoms with Crippen molar-refractivity contribution in [1.82, 2.24) is 0 Å². The second-order valence-electron chi connectivity index (χ2n) is 7.61. The average molecular weight is 400 g/mol. The van der Waals surface area contributed by atoms with Crippen LogP contribution >= 0.6 is 0 Å². The Balaban J connectivity index is 1.69. The molecule has 3 aromatic carbocycles. The van der Waals surface area contributed by atoms with Crippen LogP contribution in [0.4, 0.5) is 0 Å². The van der Waals surface area contributed by atoms with Gasteiger partial charge in [0.25, 0.3) is 5.79 Å². The Morgan fingerprint density at radius 2 is 1.67 bits per heavy atom. The minimum absolute atomic E-state index is 0.0559. The summed E-state index contributed by atoms with van der Waals surface area (Å²) in [4.78, 5) is 13.0. The largest absolute Gasteiger partial charge is 0.508 e. The number of aromatic hydroxyl groups is 2. The predicted octanol–water partition coefficient (Wildman–Crippen LogP) is 4.36. The van der Waals surface area contributed by atoms with Crippen LogP contribution < -0.4 is 15.1 Å². The van der Waals surface area contributed by atoms with Crippen molar-refractivity contribution in [2.45, 2.75) is 18.1 Å². The van der Waals surface area contributed by atoms with Crippen LogP contribution in [0.2, 0.25) is 0 Å². The van der Waals surface area contributed by atoms with E-state index in [4.69, 9.17) is 13.9 Å². The minimum atomic E-state index is -1.22. The second kappa shape index (κ2) is 5.79. The van der Waals surface area contributed by atoms with E-state index in [1.807, 2.05) is 12.1 Å². The van der Waals surface area contributed by atoms with Gasteiger partial charge in [-0.15, -0.1) is 0 Å². The number of ether oxygens (including phenoxy) is 2. The Hall–Kier alpha value is -3.93. The molecule has 30 heavy (non-hydrogen) atoms. The summed E-state index contributed by atoms with van der Waals surface area (Å²) in [5, 5.41) is 20.4. The lowest BCUT2D eigenvalue weighted by molar-refractivity contribution is -0.148. The van der Waals surface area contributed by atoms with Crippen molar-refractivity contribution in [3.63, 3.8) is 0 Å². The average Bonchev–Trinajstić information content (AvgIpc) is 2.73. The van der Waals surface area contributed by atoms with Crippen LogP contribution in [0.1, 0.15) is 29.0 Å². The Kier molecular flexibility index (Phi) is 3.28. The first-order valence-electron chi connectivity index (χ1n) is 9.60. The van der Waals surface area contributed by atoms with Crippen molar-refractivity contribution in [3.8, 4) is 23.0 Å². The summed E-state index contributed by atoms with van der Waals surface area (Å²) in [5.41, 5.74) is 1.91. The first-order chi connectivity index (χ1) is 14.5. The molecular formula is C24H16O6. The van der Waals surface area contributed by atoms with Crippen molar-refractivity contribution in [3.05, 3.63) is 93.8 Å². The van der Waals surface area contributed by atoms with E-state index in [0.717, 1.165) is 5.56 Å². The van der Waals surface area contributed by atoms with E-state index < -0.39 is 11.4 Å². The van der Waals surface area contributed by atoms with Crippen molar-refractivity contribution in [2.24, 2.45) is 0 Å². The zero-order chi connectivity index (χ0) is 20.5. The minimum Gasteiger partial charge on any atom is -0.508 e. The predicted molar refractivity (Wildman–Crippen MR) is 108 cm³/mol. The van der Waals surface area contributed by atoms with Gasteiger partial charge < -0.3 is 24.1 Å². The SMILES string of the molecule is O=c1oc2ccccc2c2c1C1CC(c3ccc(O)cc3)(Oc3cc(O)ccc31)O2. The fourth-order valence-corrected chi connectivity index (χ4v) is 4.48. The van der Waals surface area contributed by atoms with Crippen molar-refractivity contribution >= 4 is 11.0 Å². The molecule has 3 heterocycles. The molecule has 2 unspecified atom stereocenters. The molecular weight excluding hydrogens is 384 g/mol. The maximum atomic E-state index is 13.0. The highest BCUT2D eigenvalue weighted by molar-refractivity contribution is 5.85. The molecule has 2 N–H and O–H groups in total. The van der Waals surface area contributed by atoms with Gasteiger partial charge >= 0.3 is 5.63 Å². The van der Waals surface area contributed by atoms with Gasteiger partial charge in [0.2, 0.25) is 0 Å². The second-order valence-corrected chi connectivity index (χ2v) is 7.61. The third-order valence-electron chi connectivity index (χ3n) is 5.84. The molecule has 0 spiro atoms. The molecule has 2 atom stereocenters. The molecule has 2 bridgehead atoms. The van der Waals surface area contributed by atoms with Crippen LogP contribution in [0.5, 0.6) is 23.0 Å². The highest BCUT2D eigenvalue weighted by atomic mass is 16.7. The van der Waals surface area contributed by atoms with E-state index in [9.17, 15) is 15.0 Å². The summed E-state index contributed by atoms with van der Waals surface area (Å²) in [5.74, 6) is -0.499. The number of fused-ring (bicyclic) bond motifs is 8. The lowest BCUT2D eigenvalue weighted by atomic mass is 9.78. The van der Waals surface area contributed by atoms with Crippen molar-refractivity contribution in [2.75, 3.05) is 0 Å². The highest BCUT2D eigenvalue weighted by Gasteiger charge is 2.51. The summed E-state index contributed by atoms with van der Waals surface area (Å²) in [7, 11) is 0. The molecule has 2 aliphatic rings. The molecule has 6 heteroatoms. The maximum Gasteiger partial charge on any atom is 0.343 e. The first kappa shape index (κ1) is 17.0. The number of phenols is 2. The van der Waals surface area contributed by atoms with Crippen LogP contribution in [0.25, 0.3) is 11.0 Å². The zero-order valence-corrected chi connectivity index (χ0v) is 15.7. The van der Waals surface area contributed by atoms with Crippen LogP contribution in [-0.4, -0.2) is 10.2 Å². The molecule has 0 fully saturated rings. The summed E-state index contributed by atoms with van der Waals surface area (Å²) >= 11 is 0. The fraction of sp³-hybridized carbons (Fsp3) is 0.125. The third-order valence-corrected chi connectivity index (χ3v) is 5.84. The van der Waals surface area contributed by atoms with E-state index in [1.165, 1.54) is 6.07 Å².